The Bertz CT molecular complexity index is 837. The van der Waals surface area contributed by atoms with Gasteiger partial charge in [-0.2, -0.15) is 13.2 Å². The maximum atomic E-state index is 13.4. The van der Waals surface area contributed by atoms with Gasteiger partial charge in [0.25, 0.3) is 0 Å². The minimum absolute atomic E-state index is 0. The van der Waals surface area contributed by atoms with E-state index in [0.717, 1.165) is 12.0 Å². The van der Waals surface area contributed by atoms with Crippen LogP contribution in [-0.2, 0) is 16.0 Å². The van der Waals surface area contributed by atoms with Crippen molar-refractivity contribution in [3.05, 3.63) is 23.8 Å². The SMILES string of the molecule is COCCCOc1cc(CC(CC(N)C(O)CNC(=O)C2(C(F)(F)F)CCC2)C(C)C)ccc1OC.Cl. The largest absolute Gasteiger partial charge is 0.493 e. The van der Waals surface area contributed by atoms with E-state index in [0.29, 0.717) is 44.0 Å². The number of methoxy groups -OCH3 is 2. The average molecular weight is 555 g/mol. The number of hydrogen-bond donors (Lipinski definition) is 3. The Labute approximate surface area is 224 Å². The summed E-state index contributed by atoms with van der Waals surface area (Å²) in [5.74, 6) is 0.505. The zero-order valence-electron chi connectivity index (χ0n) is 22.1. The van der Waals surface area contributed by atoms with Crippen molar-refractivity contribution >= 4 is 18.3 Å². The fourth-order valence-corrected chi connectivity index (χ4v) is 4.43. The molecule has 2 rings (SSSR count). The van der Waals surface area contributed by atoms with Crippen molar-refractivity contribution in [1.29, 1.82) is 0 Å². The average Bonchev–Trinajstić information content (AvgIpc) is 2.78. The van der Waals surface area contributed by atoms with E-state index in [4.69, 9.17) is 19.9 Å². The molecule has 1 aromatic carbocycles. The van der Waals surface area contributed by atoms with Gasteiger partial charge < -0.3 is 30.4 Å². The van der Waals surface area contributed by atoms with Gasteiger partial charge in [0.15, 0.2) is 11.5 Å². The van der Waals surface area contributed by atoms with Crippen molar-refractivity contribution in [2.24, 2.45) is 23.0 Å². The molecule has 3 unspecified atom stereocenters. The van der Waals surface area contributed by atoms with Gasteiger partial charge in [0.1, 0.15) is 5.41 Å². The number of alkyl halides is 3. The Balaban J connectivity index is 0.00000684. The lowest BCUT2D eigenvalue weighted by Crippen LogP contribution is -2.56. The Kier molecular flexibility index (Phi) is 13.5. The van der Waals surface area contributed by atoms with Crippen molar-refractivity contribution in [1.82, 2.24) is 5.32 Å². The summed E-state index contributed by atoms with van der Waals surface area (Å²) >= 11 is 0. The number of nitrogens with two attached hydrogens (primary N) is 1. The molecule has 1 aliphatic rings. The zero-order chi connectivity index (χ0) is 26.9. The van der Waals surface area contributed by atoms with Gasteiger partial charge in [-0.1, -0.05) is 26.3 Å². The first-order valence-corrected chi connectivity index (χ1v) is 12.5. The molecule has 37 heavy (non-hydrogen) atoms. The van der Waals surface area contributed by atoms with Gasteiger partial charge in [-0.25, -0.2) is 0 Å². The minimum Gasteiger partial charge on any atom is -0.493 e. The Morgan fingerprint density at radius 3 is 2.38 bits per heavy atom. The summed E-state index contributed by atoms with van der Waals surface area (Å²) in [6.07, 6.45) is -4.00. The fourth-order valence-electron chi connectivity index (χ4n) is 4.43. The molecule has 0 saturated heterocycles. The van der Waals surface area contributed by atoms with E-state index < -0.39 is 29.6 Å². The van der Waals surface area contributed by atoms with Crippen LogP contribution in [0.1, 0.15) is 51.5 Å². The van der Waals surface area contributed by atoms with E-state index in [2.05, 4.69) is 19.2 Å². The molecule has 1 amide bonds. The molecule has 0 bridgehead atoms. The van der Waals surface area contributed by atoms with E-state index >= 15 is 0 Å². The van der Waals surface area contributed by atoms with Crippen molar-refractivity contribution in [3.8, 4) is 11.5 Å². The molecule has 0 radical (unpaired) electrons. The molecule has 11 heteroatoms. The fraction of sp³-hybridized carbons (Fsp3) is 0.731. The highest BCUT2D eigenvalue weighted by molar-refractivity contribution is 5.85. The summed E-state index contributed by atoms with van der Waals surface area (Å²) in [7, 11) is 3.21. The number of carbonyl (C=O) groups excluding carboxylic acids is 1. The summed E-state index contributed by atoms with van der Waals surface area (Å²) in [5.41, 5.74) is 4.91. The van der Waals surface area contributed by atoms with E-state index in [-0.39, 0.29) is 43.6 Å². The molecule has 4 N–H and O–H groups in total. The number of rotatable bonds is 15. The lowest BCUT2D eigenvalue weighted by atomic mass is 9.67. The lowest BCUT2D eigenvalue weighted by molar-refractivity contribution is -0.243. The predicted molar refractivity (Wildman–Crippen MR) is 138 cm³/mol. The Morgan fingerprint density at radius 1 is 1.19 bits per heavy atom. The first kappa shape index (κ1) is 33.3. The molecule has 0 aromatic heterocycles. The Morgan fingerprint density at radius 2 is 1.86 bits per heavy atom. The topological polar surface area (TPSA) is 103 Å². The molecule has 0 aliphatic heterocycles. The van der Waals surface area contributed by atoms with Crippen LogP contribution in [0.2, 0.25) is 0 Å². The van der Waals surface area contributed by atoms with Crippen molar-refractivity contribution < 1.29 is 37.3 Å². The molecular formula is C26H42ClF3N2O5. The third-order valence-corrected chi connectivity index (χ3v) is 7.14. The number of amides is 1. The number of aliphatic hydroxyl groups excluding tert-OH is 1. The molecule has 0 spiro atoms. The van der Waals surface area contributed by atoms with E-state index in [1.807, 2.05) is 18.2 Å². The minimum atomic E-state index is -4.60. The number of aliphatic hydroxyl groups is 1. The second-order valence-electron chi connectivity index (χ2n) is 10.00. The van der Waals surface area contributed by atoms with Gasteiger partial charge >= 0.3 is 6.18 Å². The van der Waals surface area contributed by atoms with Crippen molar-refractivity contribution in [2.75, 3.05) is 34.0 Å². The number of carbonyl (C=O) groups is 1. The highest BCUT2D eigenvalue weighted by atomic mass is 35.5. The van der Waals surface area contributed by atoms with Crippen LogP contribution in [0.3, 0.4) is 0 Å². The normalized spacial score (nSPS) is 17.2. The van der Waals surface area contributed by atoms with Gasteiger partial charge in [0, 0.05) is 32.7 Å². The third-order valence-electron chi connectivity index (χ3n) is 7.14. The highest BCUT2D eigenvalue weighted by Crippen LogP contribution is 2.53. The standard InChI is InChI=1S/C26H41F3N2O5.ClH/c1-17(2)19(13-18-7-8-22(35-4)23(14-18)36-12-6-11-34-3)15-20(30)21(32)16-31-24(33)25(9-5-10-25)26(27,28)29;/h7-8,14,17,19-21,32H,5-6,9-13,15-16,30H2,1-4H3,(H,31,33);1H. The van der Waals surface area contributed by atoms with Gasteiger partial charge in [0.2, 0.25) is 5.91 Å². The third kappa shape index (κ3) is 8.90. The number of benzene rings is 1. The highest BCUT2D eigenvalue weighted by Gasteiger charge is 2.63. The van der Waals surface area contributed by atoms with Gasteiger partial charge in [-0.05, 0) is 55.2 Å². The summed E-state index contributed by atoms with van der Waals surface area (Å²) < 4.78 is 56.4. The van der Waals surface area contributed by atoms with Crippen LogP contribution < -0.4 is 20.5 Å². The second kappa shape index (κ2) is 15.0. The molecular weight excluding hydrogens is 513 g/mol. The van der Waals surface area contributed by atoms with Crippen molar-refractivity contribution in [3.63, 3.8) is 0 Å². The molecule has 1 fully saturated rings. The molecule has 0 heterocycles. The predicted octanol–water partition coefficient (Wildman–Crippen LogP) is 4.27. The van der Waals surface area contributed by atoms with Gasteiger partial charge in [-0.15, -0.1) is 12.4 Å². The van der Waals surface area contributed by atoms with Gasteiger partial charge in [0.05, 0.1) is 19.8 Å². The first-order chi connectivity index (χ1) is 16.9. The van der Waals surface area contributed by atoms with Crippen LogP contribution in [0.5, 0.6) is 11.5 Å². The molecule has 3 atom stereocenters. The number of ether oxygens (including phenoxy) is 3. The monoisotopic (exact) mass is 554 g/mol. The number of hydrogen-bond acceptors (Lipinski definition) is 6. The summed E-state index contributed by atoms with van der Waals surface area (Å²) in [4.78, 5) is 12.3. The summed E-state index contributed by atoms with van der Waals surface area (Å²) in [6, 6.07) is 5.02. The number of halogens is 4. The summed E-state index contributed by atoms with van der Waals surface area (Å²) in [6.45, 7) is 4.88. The maximum absolute atomic E-state index is 13.4. The zero-order valence-corrected chi connectivity index (χ0v) is 22.9. The molecule has 7 nitrogen and oxygen atoms in total. The molecule has 1 aromatic rings. The Hall–Kier alpha value is -1.75. The van der Waals surface area contributed by atoms with Crippen LogP contribution in [0, 0.1) is 17.3 Å². The lowest BCUT2D eigenvalue weighted by Gasteiger charge is -2.41. The van der Waals surface area contributed by atoms with Crippen molar-refractivity contribution in [2.45, 2.75) is 70.7 Å². The molecule has 1 aliphatic carbocycles. The first-order valence-electron chi connectivity index (χ1n) is 12.5. The molecule has 1 saturated carbocycles. The maximum Gasteiger partial charge on any atom is 0.403 e. The van der Waals surface area contributed by atoms with Crippen LogP contribution in [-0.4, -0.2) is 63.3 Å². The smallest absolute Gasteiger partial charge is 0.403 e. The van der Waals surface area contributed by atoms with Crippen LogP contribution >= 0.6 is 12.4 Å². The second-order valence-corrected chi connectivity index (χ2v) is 10.00. The van der Waals surface area contributed by atoms with E-state index in [1.54, 1.807) is 14.2 Å². The van der Waals surface area contributed by atoms with E-state index in [9.17, 15) is 23.1 Å². The molecule has 214 valence electrons. The van der Waals surface area contributed by atoms with Gasteiger partial charge in [-0.3, -0.25) is 4.79 Å². The summed E-state index contributed by atoms with van der Waals surface area (Å²) in [5, 5.41) is 12.8. The number of nitrogens with one attached hydrogen (secondary N) is 1. The van der Waals surface area contributed by atoms with Crippen LogP contribution in [0.4, 0.5) is 13.2 Å². The quantitative estimate of drug-likeness (QED) is 0.280. The van der Waals surface area contributed by atoms with Crippen LogP contribution in [0.25, 0.3) is 0 Å². The van der Waals surface area contributed by atoms with E-state index in [1.165, 1.54) is 0 Å². The van der Waals surface area contributed by atoms with Crippen LogP contribution in [0.15, 0.2) is 18.2 Å².